The monoisotopic (exact) mass is 240 g/mol. The minimum absolute atomic E-state index is 0.0150. The number of ether oxygens (including phenoxy) is 2. The molecule has 1 aliphatic heterocycles. The van der Waals surface area contributed by atoms with Crippen LogP contribution in [0.3, 0.4) is 0 Å². The third kappa shape index (κ3) is 4.73. The van der Waals surface area contributed by atoms with Crippen LogP contribution in [0.1, 0.15) is 6.42 Å². The molecule has 0 aliphatic carbocycles. The molecule has 1 aliphatic rings. The van der Waals surface area contributed by atoms with E-state index in [-0.39, 0.29) is 18.8 Å². The molecule has 0 N–H and O–H groups in total. The molecule has 1 rings (SSSR count). The molecule has 0 radical (unpaired) electrons. The van der Waals surface area contributed by atoms with E-state index >= 15 is 0 Å². The van der Waals surface area contributed by atoms with Crippen molar-refractivity contribution in [3.63, 3.8) is 0 Å². The van der Waals surface area contributed by atoms with E-state index in [1.54, 1.807) is 12.0 Å². The first kappa shape index (κ1) is 14.0. The molecule has 0 saturated carbocycles. The molecule has 1 atom stereocenters. The topological polar surface area (TPSA) is 42.0 Å². The van der Waals surface area contributed by atoms with Gasteiger partial charge < -0.3 is 14.4 Å². The Morgan fingerprint density at radius 2 is 2.24 bits per heavy atom. The molecule has 1 saturated heterocycles. The highest BCUT2D eigenvalue weighted by atomic mass is 16.7. The maximum absolute atomic E-state index is 11.8. The minimum atomic E-state index is -0.356. The number of hydrogen-bond donors (Lipinski definition) is 0. The van der Waals surface area contributed by atoms with Gasteiger partial charge in [-0.25, -0.2) is 0 Å². The molecule has 17 heavy (non-hydrogen) atoms. The number of amides is 1. The van der Waals surface area contributed by atoms with E-state index in [1.807, 2.05) is 19.0 Å². The summed E-state index contributed by atoms with van der Waals surface area (Å²) in [5.74, 6) is 6.01. The van der Waals surface area contributed by atoms with E-state index in [0.29, 0.717) is 19.6 Å². The minimum Gasteiger partial charge on any atom is -0.359 e. The predicted octanol–water partition coefficient (Wildman–Crippen LogP) is -0.227. The lowest BCUT2D eigenvalue weighted by atomic mass is 10.3. The largest absolute Gasteiger partial charge is 0.359 e. The van der Waals surface area contributed by atoms with Gasteiger partial charge in [-0.05, 0) is 14.1 Å². The second kappa shape index (κ2) is 7.28. The van der Waals surface area contributed by atoms with E-state index in [0.717, 1.165) is 6.42 Å². The van der Waals surface area contributed by atoms with Gasteiger partial charge >= 0.3 is 0 Å². The molecule has 0 aromatic rings. The Labute approximate surface area is 103 Å². The quantitative estimate of drug-likeness (QED) is 0.492. The van der Waals surface area contributed by atoms with Crippen LogP contribution >= 0.6 is 0 Å². The molecule has 1 heterocycles. The van der Waals surface area contributed by atoms with Crippen molar-refractivity contribution in [3.8, 4) is 11.8 Å². The van der Waals surface area contributed by atoms with E-state index in [1.165, 1.54) is 0 Å². The van der Waals surface area contributed by atoms with Gasteiger partial charge in [-0.3, -0.25) is 9.69 Å². The van der Waals surface area contributed by atoms with E-state index < -0.39 is 0 Å². The molecule has 1 fully saturated rings. The van der Waals surface area contributed by atoms with Crippen LogP contribution in [0.25, 0.3) is 0 Å². The summed E-state index contributed by atoms with van der Waals surface area (Å²) >= 11 is 0. The number of methoxy groups -OCH3 is 1. The first-order valence-corrected chi connectivity index (χ1v) is 5.65. The standard InChI is InChI=1S/C12H20N2O3/c1-13(2)7-4-5-8-14-9-6-11(12(14)15)17-10-16-3/h11H,6-10H2,1-3H3/t11-/m1/s1. The molecule has 5 nitrogen and oxygen atoms in total. The molecule has 0 aromatic carbocycles. The molecule has 96 valence electrons. The van der Waals surface area contributed by atoms with Crippen LogP contribution in [0.4, 0.5) is 0 Å². The normalized spacial score (nSPS) is 19.6. The van der Waals surface area contributed by atoms with Crippen molar-refractivity contribution in [2.24, 2.45) is 0 Å². The summed E-state index contributed by atoms with van der Waals surface area (Å²) in [6.45, 7) is 2.07. The second-order valence-electron chi connectivity index (χ2n) is 4.20. The Kier molecular flexibility index (Phi) is 5.98. The average molecular weight is 240 g/mol. The Morgan fingerprint density at radius 3 is 2.88 bits per heavy atom. The van der Waals surface area contributed by atoms with Gasteiger partial charge in [0.1, 0.15) is 12.9 Å². The van der Waals surface area contributed by atoms with Crippen molar-refractivity contribution in [1.82, 2.24) is 9.80 Å². The Morgan fingerprint density at radius 1 is 1.47 bits per heavy atom. The van der Waals surface area contributed by atoms with Gasteiger partial charge in [0.25, 0.3) is 5.91 Å². The first-order valence-electron chi connectivity index (χ1n) is 5.65. The maximum atomic E-state index is 11.8. The van der Waals surface area contributed by atoms with Crippen LogP contribution in [0.5, 0.6) is 0 Å². The third-order valence-corrected chi connectivity index (χ3v) is 2.43. The van der Waals surface area contributed by atoms with Crippen LogP contribution in [0, 0.1) is 11.8 Å². The highest BCUT2D eigenvalue weighted by molar-refractivity contribution is 5.83. The Balaban J connectivity index is 2.31. The lowest BCUT2D eigenvalue weighted by Crippen LogP contribution is -2.31. The average Bonchev–Trinajstić information content (AvgIpc) is 2.63. The molecule has 0 unspecified atom stereocenters. The second-order valence-corrected chi connectivity index (χ2v) is 4.20. The molecule has 1 amide bonds. The van der Waals surface area contributed by atoms with Crippen LogP contribution in [0.2, 0.25) is 0 Å². The fourth-order valence-electron chi connectivity index (χ4n) is 1.54. The fraction of sp³-hybridized carbons (Fsp3) is 0.750. The van der Waals surface area contributed by atoms with Crippen molar-refractivity contribution in [2.75, 3.05) is 47.6 Å². The zero-order valence-corrected chi connectivity index (χ0v) is 10.7. The SMILES string of the molecule is COCO[C@@H]1CCN(CC#CCN(C)C)C1=O. The number of carbonyl (C=O) groups is 1. The van der Waals surface area contributed by atoms with Crippen molar-refractivity contribution in [2.45, 2.75) is 12.5 Å². The van der Waals surface area contributed by atoms with Crippen molar-refractivity contribution in [3.05, 3.63) is 0 Å². The molecular weight excluding hydrogens is 220 g/mol. The van der Waals surface area contributed by atoms with Crippen LogP contribution in [0.15, 0.2) is 0 Å². The van der Waals surface area contributed by atoms with Gasteiger partial charge in [0.2, 0.25) is 0 Å². The first-order chi connectivity index (χ1) is 8.15. The fourth-order valence-corrected chi connectivity index (χ4v) is 1.54. The molecule has 0 spiro atoms. The number of likely N-dealkylation sites (tertiary alicyclic amines) is 1. The summed E-state index contributed by atoms with van der Waals surface area (Å²) in [5, 5.41) is 0. The van der Waals surface area contributed by atoms with E-state index in [2.05, 4.69) is 11.8 Å². The molecule has 0 bridgehead atoms. The number of rotatable bonds is 5. The van der Waals surface area contributed by atoms with Gasteiger partial charge in [0.15, 0.2) is 0 Å². The van der Waals surface area contributed by atoms with E-state index in [4.69, 9.17) is 9.47 Å². The zero-order chi connectivity index (χ0) is 12.7. The van der Waals surface area contributed by atoms with Gasteiger partial charge in [-0.15, -0.1) is 0 Å². The van der Waals surface area contributed by atoms with Gasteiger partial charge in [-0.1, -0.05) is 11.8 Å². The lowest BCUT2D eigenvalue weighted by Gasteiger charge is -2.13. The zero-order valence-electron chi connectivity index (χ0n) is 10.7. The lowest BCUT2D eigenvalue weighted by molar-refractivity contribution is -0.144. The molecule has 5 heteroatoms. The summed E-state index contributed by atoms with van der Waals surface area (Å²) < 4.78 is 10.1. The van der Waals surface area contributed by atoms with Gasteiger partial charge in [0, 0.05) is 20.1 Å². The summed E-state index contributed by atoms with van der Waals surface area (Å²) in [6.07, 6.45) is 0.364. The maximum Gasteiger partial charge on any atom is 0.252 e. The Bertz CT molecular complexity index is 307. The summed E-state index contributed by atoms with van der Waals surface area (Å²) in [6, 6.07) is 0. The molecular formula is C12H20N2O3. The van der Waals surface area contributed by atoms with Crippen molar-refractivity contribution in [1.29, 1.82) is 0 Å². The molecule has 0 aromatic heterocycles. The van der Waals surface area contributed by atoms with Gasteiger partial charge in [0.05, 0.1) is 13.1 Å². The van der Waals surface area contributed by atoms with Gasteiger partial charge in [-0.2, -0.15) is 0 Å². The van der Waals surface area contributed by atoms with Crippen LogP contribution in [-0.4, -0.2) is 69.4 Å². The smallest absolute Gasteiger partial charge is 0.252 e. The van der Waals surface area contributed by atoms with Crippen molar-refractivity contribution >= 4 is 5.91 Å². The van der Waals surface area contributed by atoms with Crippen molar-refractivity contribution < 1.29 is 14.3 Å². The summed E-state index contributed by atoms with van der Waals surface area (Å²) in [5.41, 5.74) is 0. The summed E-state index contributed by atoms with van der Waals surface area (Å²) in [4.78, 5) is 15.5. The highest BCUT2D eigenvalue weighted by Gasteiger charge is 2.31. The highest BCUT2D eigenvalue weighted by Crippen LogP contribution is 2.13. The summed E-state index contributed by atoms with van der Waals surface area (Å²) in [7, 11) is 5.47. The number of nitrogens with zero attached hydrogens (tertiary/aromatic N) is 2. The van der Waals surface area contributed by atoms with Crippen LogP contribution in [-0.2, 0) is 14.3 Å². The predicted molar refractivity (Wildman–Crippen MR) is 64.3 cm³/mol. The van der Waals surface area contributed by atoms with Crippen LogP contribution < -0.4 is 0 Å². The number of hydrogen-bond acceptors (Lipinski definition) is 4. The third-order valence-electron chi connectivity index (χ3n) is 2.43. The number of carbonyl (C=O) groups excluding carboxylic acids is 1. The van der Waals surface area contributed by atoms with E-state index in [9.17, 15) is 4.79 Å². The Hall–Kier alpha value is -1.09.